The second-order valence-corrected chi connectivity index (χ2v) is 5.31. The number of hydrogen-bond acceptors (Lipinski definition) is 0. The SMILES string of the molecule is CCC(CC)CCC(C)C1(C)CC1. The summed E-state index contributed by atoms with van der Waals surface area (Å²) >= 11 is 0. The maximum atomic E-state index is 2.46. The van der Waals surface area contributed by atoms with Crippen molar-refractivity contribution in [2.24, 2.45) is 17.3 Å². The molecule has 1 atom stereocenters. The maximum Gasteiger partial charge on any atom is -0.0300 e. The molecular weight excluding hydrogens is 156 g/mol. The molecule has 78 valence electrons. The Balaban J connectivity index is 2.17. The van der Waals surface area contributed by atoms with E-state index in [2.05, 4.69) is 27.7 Å². The molecule has 1 rings (SSSR count). The van der Waals surface area contributed by atoms with Gasteiger partial charge >= 0.3 is 0 Å². The zero-order valence-electron chi connectivity index (χ0n) is 9.90. The Labute approximate surface area is 84.1 Å². The van der Waals surface area contributed by atoms with Crippen LogP contribution in [-0.4, -0.2) is 0 Å². The zero-order chi connectivity index (χ0) is 9.90. The van der Waals surface area contributed by atoms with E-state index >= 15 is 0 Å². The Morgan fingerprint density at radius 3 is 2.00 bits per heavy atom. The molecule has 0 radical (unpaired) electrons. The average molecular weight is 182 g/mol. The van der Waals surface area contributed by atoms with Crippen molar-refractivity contribution in [3.8, 4) is 0 Å². The van der Waals surface area contributed by atoms with Crippen molar-refractivity contribution < 1.29 is 0 Å². The van der Waals surface area contributed by atoms with E-state index in [9.17, 15) is 0 Å². The van der Waals surface area contributed by atoms with Crippen molar-refractivity contribution in [1.29, 1.82) is 0 Å². The maximum absolute atomic E-state index is 2.46. The van der Waals surface area contributed by atoms with Crippen LogP contribution in [0.4, 0.5) is 0 Å². The predicted molar refractivity (Wildman–Crippen MR) is 59.8 cm³/mol. The molecule has 13 heavy (non-hydrogen) atoms. The second kappa shape index (κ2) is 4.48. The number of hydrogen-bond donors (Lipinski definition) is 0. The smallest absolute Gasteiger partial charge is 0.0300 e. The molecule has 1 aliphatic rings. The minimum Gasteiger partial charge on any atom is -0.0651 e. The summed E-state index contributed by atoms with van der Waals surface area (Å²) in [6.07, 6.45) is 8.64. The third-order valence-corrected chi connectivity index (χ3v) is 4.39. The van der Waals surface area contributed by atoms with Crippen molar-refractivity contribution in [3.05, 3.63) is 0 Å². The Morgan fingerprint density at radius 1 is 1.08 bits per heavy atom. The van der Waals surface area contributed by atoms with Gasteiger partial charge in [0.2, 0.25) is 0 Å². The lowest BCUT2D eigenvalue weighted by Gasteiger charge is -2.21. The van der Waals surface area contributed by atoms with E-state index in [1.165, 1.54) is 38.5 Å². The molecule has 0 aromatic carbocycles. The van der Waals surface area contributed by atoms with Gasteiger partial charge in [0.25, 0.3) is 0 Å². The zero-order valence-corrected chi connectivity index (χ0v) is 9.90. The molecule has 1 fully saturated rings. The third-order valence-electron chi connectivity index (χ3n) is 4.39. The molecule has 0 aliphatic heterocycles. The quantitative estimate of drug-likeness (QED) is 0.561. The van der Waals surface area contributed by atoms with E-state index in [4.69, 9.17) is 0 Å². The van der Waals surface area contributed by atoms with Crippen molar-refractivity contribution >= 4 is 0 Å². The summed E-state index contributed by atoms with van der Waals surface area (Å²) in [6, 6.07) is 0. The van der Waals surface area contributed by atoms with Crippen LogP contribution in [0.25, 0.3) is 0 Å². The topological polar surface area (TPSA) is 0 Å². The van der Waals surface area contributed by atoms with Gasteiger partial charge in [-0.1, -0.05) is 47.0 Å². The molecule has 0 aromatic heterocycles. The van der Waals surface area contributed by atoms with Gasteiger partial charge in [-0.15, -0.1) is 0 Å². The summed E-state index contributed by atoms with van der Waals surface area (Å²) in [4.78, 5) is 0. The van der Waals surface area contributed by atoms with Gasteiger partial charge in [0.05, 0.1) is 0 Å². The summed E-state index contributed by atoms with van der Waals surface area (Å²) in [5.41, 5.74) is 0.742. The highest BCUT2D eigenvalue weighted by Crippen LogP contribution is 2.53. The lowest BCUT2D eigenvalue weighted by atomic mass is 9.85. The Hall–Kier alpha value is 0. The Bertz CT molecular complexity index is 140. The molecule has 0 N–H and O–H groups in total. The van der Waals surface area contributed by atoms with Crippen LogP contribution in [0.3, 0.4) is 0 Å². The van der Waals surface area contributed by atoms with Crippen LogP contribution in [-0.2, 0) is 0 Å². The molecule has 0 aromatic rings. The van der Waals surface area contributed by atoms with Crippen molar-refractivity contribution in [1.82, 2.24) is 0 Å². The normalized spacial score (nSPS) is 21.9. The van der Waals surface area contributed by atoms with Gasteiger partial charge in [-0.2, -0.15) is 0 Å². The molecule has 1 saturated carbocycles. The van der Waals surface area contributed by atoms with Crippen LogP contribution in [0, 0.1) is 17.3 Å². The van der Waals surface area contributed by atoms with Crippen LogP contribution >= 0.6 is 0 Å². The molecule has 0 amide bonds. The molecule has 0 heteroatoms. The average Bonchev–Trinajstić information content (AvgIpc) is 2.86. The molecule has 0 saturated heterocycles. The highest BCUT2D eigenvalue weighted by molar-refractivity contribution is 4.92. The van der Waals surface area contributed by atoms with Crippen LogP contribution < -0.4 is 0 Å². The first-order chi connectivity index (χ1) is 6.12. The summed E-state index contributed by atoms with van der Waals surface area (Å²) in [6.45, 7) is 9.58. The standard InChI is InChI=1S/C13H26/c1-5-12(6-2)8-7-11(3)13(4)9-10-13/h11-12H,5-10H2,1-4H3. The molecule has 0 heterocycles. The van der Waals surface area contributed by atoms with Crippen LogP contribution in [0.15, 0.2) is 0 Å². The minimum atomic E-state index is 0.742. The molecule has 1 aliphatic carbocycles. The second-order valence-electron chi connectivity index (χ2n) is 5.31. The third kappa shape index (κ3) is 3.00. The fourth-order valence-electron chi connectivity index (χ4n) is 2.22. The lowest BCUT2D eigenvalue weighted by molar-refractivity contribution is 0.301. The molecule has 1 unspecified atom stereocenters. The van der Waals surface area contributed by atoms with Crippen molar-refractivity contribution in [2.45, 2.75) is 66.2 Å². The fourth-order valence-corrected chi connectivity index (χ4v) is 2.22. The van der Waals surface area contributed by atoms with Crippen molar-refractivity contribution in [2.75, 3.05) is 0 Å². The molecular formula is C13H26. The van der Waals surface area contributed by atoms with Crippen LogP contribution in [0.2, 0.25) is 0 Å². The van der Waals surface area contributed by atoms with Gasteiger partial charge in [-0.25, -0.2) is 0 Å². The first-order valence-electron chi connectivity index (χ1n) is 6.12. The van der Waals surface area contributed by atoms with Crippen LogP contribution in [0.5, 0.6) is 0 Å². The largest absolute Gasteiger partial charge is 0.0651 e. The van der Waals surface area contributed by atoms with E-state index in [1.54, 1.807) is 0 Å². The molecule has 0 nitrogen and oxygen atoms in total. The summed E-state index contributed by atoms with van der Waals surface area (Å²) in [7, 11) is 0. The van der Waals surface area contributed by atoms with E-state index in [0.717, 1.165) is 17.3 Å². The summed E-state index contributed by atoms with van der Waals surface area (Å²) in [5, 5.41) is 0. The van der Waals surface area contributed by atoms with E-state index < -0.39 is 0 Å². The van der Waals surface area contributed by atoms with E-state index in [1.807, 2.05) is 0 Å². The molecule has 0 bridgehead atoms. The Kier molecular flexibility index (Phi) is 3.82. The summed E-state index contributed by atoms with van der Waals surface area (Å²) < 4.78 is 0. The minimum absolute atomic E-state index is 0.742. The fraction of sp³-hybridized carbons (Fsp3) is 1.00. The van der Waals surface area contributed by atoms with Gasteiger partial charge in [0.1, 0.15) is 0 Å². The van der Waals surface area contributed by atoms with E-state index in [0.29, 0.717) is 0 Å². The number of rotatable bonds is 6. The monoisotopic (exact) mass is 182 g/mol. The highest BCUT2D eigenvalue weighted by Gasteiger charge is 2.41. The first-order valence-corrected chi connectivity index (χ1v) is 6.12. The highest BCUT2D eigenvalue weighted by atomic mass is 14.5. The van der Waals surface area contributed by atoms with Gasteiger partial charge in [-0.3, -0.25) is 0 Å². The molecule has 0 spiro atoms. The van der Waals surface area contributed by atoms with Gasteiger partial charge in [0, 0.05) is 0 Å². The van der Waals surface area contributed by atoms with Crippen molar-refractivity contribution in [3.63, 3.8) is 0 Å². The first kappa shape index (κ1) is 11.1. The lowest BCUT2D eigenvalue weighted by Crippen LogP contribution is -2.10. The van der Waals surface area contributed by atoms with Crippen LogP contribution in [0.1, 0.15) is 66.2 Å². The van der Waals surface area contributed by atoms with Gasteiger partial charge in [0.15, 0.2) is 0 Å². The van der Waals surface area contributed by atoms with Gasteiger partial charge in [-0.05, 0) is 36.5 Å². The Morgan fingerprint density at radius 2 is 1.62 bits per heavy atom. The van der Waals surface area contributed by atoms with E-state index in [-0.39, 0.29) is 0 Å². The summed E-state index contributed by atoms with van der Waals surface area (Å²) in [5.74, 6) is 1.96. The van der Waals surface area contributed by atoms with Gasteiger partial charge < -0.3 is 0 Å². The predicted octanol–water partition coefficient (Wildman–Crippen LogP) is 4.64.